The third kappa shape index (κ3) is 4.89. The van der Waals surface area contributed by atoms with Crippen LogP contribution in [0.1, 0.15) is 31.9 Å². The number of fused-ring (bicyclic) bond motifs is 1. The van der Waals surface area contributed by atoms with Crippen molar-refractivity contribution in [2.24, 2.45) is 0 Å². The predicted molar refractivity (Wildman–Crippen MR) is 106 cm³/mol. The molecule has 0 bridgehead atoms. The Kier molecular flexibility index (Phi) is 5.51. The van der Waals surface area contributed by atoms with Crippen LogP contribution in [-0.2, 0) is 10.2 Å². The van der Waals surface area contributed by atoms with Gasteiger partial charge in [0.25, 0.3) is 0 Å². The molecule has 27 heavy (non-hydrogen) atoms. The minimum absolute atomic E-state index is 0.0978. The van der Waals surface area contributed by atoms with Gasteiger partial charge < -0.3 is 19.9 Å². The Morgan fingerprint density at radius 1 is 1.19 bits per heavy atom. The van der Waals surface area contributed by atoms with Crippen molar-refractivity contribution in [1.29, 1.82) is 0 Å². The van der Waals surface area contributed by atoms with Crippen molar-refractivity contribution in [3.05, 3.63) is 59.7 Å². The van der Waals surface area contributed by atoms with Crippen molar-refractivity contribution < 1.29 is 19.4 Å². The summed E-state index contributed by atoms with van der Waals surface area (Å²) in [6, 6.07) is 13.4. The quantitative estimate of drug-likeness (QED) is 0.808. The highest BCUT2D eigenvalue weighted by Crippen LogP contribution is 2.34. The van der Waals surface area contributed by atoms with Crippen LogP contribution in [0.25, 0.3) is 6.08 Å². The van der Waals surface area contributed by atoms with E-state index >= 15 is 0 Å². The van der Waals surface area contributed by atoms with Crippen LogP contribution in [0.15, 0.2) is 48.5 Å². The molecule has 1 heterocycles. The molecule has 1 aliphatic rings. The van der Waals surface area contributed by atoms with Gasteiger partial charge in [0.2, 0.25) is 5.91 Å². The van der Waals surface area contributed by atoms with Gasteiger partial charge in [-0.05, 0) is 34.8 Å². The van der Waals surface area contributed by atoms with Gasteiger partial charge in [-0.15, -0.1) is 0 Å². The molecule has 1 aliphatic heterocycles. The van der Waals surface area contributed by atoms with Gasteiger partial charge in [0, 0.05) is 17.8 Å². The molecule has 0 aromatic heterocycles. The molecule has 0 radical (unpaired) electrons. The minimum atomic E-state index is -0.356. The summed E-state index contributed by atoms with van der Waals surface area (Å²) < 4.78 is 11.1. The van der Waals surface area contributed by atoms with Crippen molar-refractivity contribution in [2.45, 2.75) is 32.3 Å². The largest absolute Gasteiger partial charge is 0.486 e. The number of anilines is 1. The van der Waals surface area contributed by atoms with E-state index in [1.54, 1.807) is 24.3 Å². The summed E-state index contributed by atoms with van der Waals surface area (Å²) in [5, 5.41) is 11.9. The number of carbonyl (C=O) groups is 1. The summed E-state index contributed by atoms with van der Waals surface area (Å²) >= 11 is 0. The number of ether oxygens (including phenoxy) is 2. The van der Waals surface area contributed by atoms with Crippen LogP contribution in [0.3, 0.4) is 0 Å². The van der Waals surface area contributed by atoms with Crippen LogP contribution in [-0.4, -0.2) is 30.3 Å². The summed E-state index contributed by atoms with van der Waals surface area (Å²) in [6.07, 6.45) is 2.93. The number of benzene rings is 2. The fourth-order valence-corrected chi connectivity index (χ4v) is 2.73. The molecule has 2 aromatic rings. The highest BCUT2D eigenvalue weighted by Gasteiger charge is 2.20. The number of rotatable bonds is 4. The Hall–Kier alpha value is -2.79. The van der Waals surface area contributed by atoms with Gasteiger partial charge in [0.15, 0.2) is 17.6 Å². The Morgan fingerprint density at radius 3 is 2.59 bits per heavy atom. The highest BCUT2D eigenvalue weighted by atomic mass is 16.6. The fraction of sp³-hybridized carbons (Fsp3) is 0.318. The van der Waals surface area contributed by atoms with Gasteiger partial charge in [-0.2, -0.15) is 0 Å². The lowest BCUT2D eigenvalue weighted by Crippen LogP contribution is -2.32. The Bertz CT molecular complexity index is 834. The van der Waals surface area contributed by atoms with E-state index in [0.717, 1.165) is 5.56 Å². The lowest BCUT2D eigenvalue weighted by Gasteiger charge is -2.25. The number of aliphatic hydroxyl groups is 1. The maximum atomic E-state index is 12.2. The number of hydrogen-bond donors (Lipinski definition) is 2. The third-order valence-corrected chi connectivity index (χ3v) is 4.34. The lowest BCUT2D eigenvalue weighted by atomic mass is 9.87. The molecular weight excluding hydrogens is 342 g/mol. The minimum Gasteiger partial charge on any atom is -0.486 e. The summed E-state index contributed by atoms with van der Waals surface area (Å²) in [4.78, 5) is 12.2. The first-order valence-electron chi connectivity index (χ1n) is 8.99. The zero-order valence-corrected chi connectivity index (χ0v) is 15.9. The number of carbonyl (C=O) groups excluding carboxylic acids is 1. The molecule has 0 saturated carbocycles. The van der Waals surface area contributed by atoms with E-state index in [1.165, 1.54) is 11.6 Å². The maximum absolute atomic E-state index is 12.2. The average molecular weight is 367 g/mol. The molecule has 0 aliphatic carbocycles. The first kappa shape index (κ1) is 19.0. The van der Waals surface area contributed by atoms with Crippen molar-refractivity contribution in [2.75, 3.05) is 18.5 Å². The van der Waals surface area contributed by atoms with Gasteiger partial charge in [-0.25, -0.2) is 0 Å². The molecule has 0 saturated heterocycles. The van der Waals surface area contributed by atoms with E-state index in [9.17, 15) is 4.79 Å². The molecule has 1 atom stereocenters. The van der Waals surface area contributed by atoms with Crippen molar-refractivity contribution >= 4 is 17.7 Å². The van der Waals surface area contributed by atoms with Crippen LogP contribution in [0, 0.1) is 0 Å². The van der Waals surface area contributed by atoms with Gasteiger partial charge in [-0.3, -0.25) is 4.79 Å². The van der Waals surface area contributed by atoms with Gasteiger partial charge in [-0.1, -0.05) is 45.0 Å². The van der Waals surface area contributed by atoms with Crippen LogP contribution in [0.2, 0.25) is 0 Å². The topological polar surface area (TPSA) is 67.8 Å². The monoisotopic (exact) mass is 367 g/mol. The van der Waals surface area contributed by atoms with Crippen molar-refractivity contribution in [3.8, 4) is 11.5 Å². The SMILES string of the molecule is CC(C)(C)c1ccc(C=CC(=O)Nc2ccc3c(c2)OC[C@H](CO)O3)cc1. The van der Waals surface area contributed by atoms with E-state index in [2.05, 4.69) is 38.2 Å². The summed E-state index contributed by atoms with van der Waals surface area (Å²) in [6.45, 7) is 6.69. The summed E-state index contributed by atoms with van der Waals surface area (Å²) in [7, 11) is 0. The van der Waals surface area contributed by atoms with E-state index in [-0.39, 0.29) is 30.6 Å². The molecule has 2 aromatic carbocycles. The molecule has 3 rings (SSSR count). The van der Waals surface area contributed by atoms with Crippen LogP contribution in [0.4, 0.5) is 5.69 Å². The fourth-order valence-electron chi connectivity index (χ4n) is 2.73. The molecule has 142 valence electrons. The first-order valence-corrected chi connectivity index (χ1v) is 8.99. The van der Waals surface area contributed by atoms with Gasteiger partial charge >= 0.3 is 0 Å². The van der Waals surface area contributed by atoms with Crippen LogP contribution >= 0.6 is 0 Å². The third-order valence-electron chi connectivity index (χ3n) is 4.34. The second kappa shape index (κ2) is 7.84. The molecule has 0 fully saturated rings. The Balaban J connectivity index is 1.62. The molecule has 0 unspecified atom stereocenters. The number of aliphatic hydroxyl groups excluding tert-OH is 1. The van der Waals surface area contributed by atoms with E-state index < -0.39 is 0 Å². The van der Waals surface area contributed by atoms with E-state index in [1.807, 2.05) is 12.1 Å². The Morgan fingerprint density at radius 2 is 1.93 bits per heavy atom. The van der Waals surface area contributed by atoms with Crippen LogP contribution in [0.5, 0.6) is 11.5 Å². The standard InChI is InChI=1S/C22H25NO4/c1-22(2,3)16-7-4-15(5-8-16)6-11-21(25)23-17-9-10-19-20(12-17)26-14-18(13-24)27-19/h4-12,18,24H,13-14H2,1-3H3,(H,23,25)/t18-/m0/s1. The average Bonchev–Trinajstić information content (AvgIpc) is 2.65. The van der Waals surface area contributed by atoms with Crippen LogP contribution < -0.4 is 14.8 Å². The number of hydrogen-bond acceptors (Lipinski definition) is 4. The normalized spacial score (nSPS) is 16.4. The molecular formula is C22H25NO4. The molecule has 2 N–H and O–H groups in total. The zero-order chi connectivity index (χ0) is 19.4. The first-order chi connectivity index (χ1) is 12.8. The Labute approximate surface area is 159 Å². The summed E-state index contributed by atoms with van der Waals surface area (Å²) in [5.74, 6) is 0.895. The second-order valence-electron chi connectivity index (χ2n) is 7.59. The zero-order valence-electron chi connectivity index (χ0n) is 15.9. The predicted octanol–water partition coefficient (Wildman–Crippen LogP) is 3.77. The number of nitrogens with one attached hydrogen (secondary N) is 1. The van der Waals surface area contributed by atoms with Gasteiger partial charge in [0.05, 0.1) is 6.61 Å². The van der Waals surface area contributed by atoms with E-state index in [4.69, 9.17) is 14.6 Å². The lowest BCUT2D eigenvalue weighted by molar-refractivity contribution is -0.111. The maximum Gasteiger partial charge on any atom is 0.248 e. The second-order valence-corrected chi connectivity index (χ2v) is 7.59. The summed E-state index contributed by atoms with van der Waals surface area (Å²) in [5.41, 5.74) is 2.95. The van der Waals surface area contributed by atoms with Gasteiger partial charge in [0.1, 0.15) is 6.61 Å². The smallest absolute Gasteiger partial charge is 0.248 e. The molecule has 5 nitrogen and oxygen atoms in total. The van der Waals surface area contributed by atoms with Crippen molar-refractivity contribution in [3.63, 3.8) is 0 Å². The molecule has 0 spiro atoms. The number of amides is 1. The highest BCUT2D eigenvalue weighted by molar-refractivity contribution is 6.02. The van der Waals surface area contributed by atoms with E-state index in [0.29, 0.717) is 17.2 Å². The molecule has 5 heteroatoms. The van der Waals surface area contributed by atoms with Crippen molar-refractivity contribution in [1.82, 2.24) is 0 Å². The molecule has 1 amide bonds.